The van der Waals surface area contributed by atoms with Crippen LogP contribution >= 0.6 is 0 Å². The van der Waals surface area contributed by atoms with Crippen LogP contribution in [0.5, 0.6) is 0 Å². The van der Waals surface area contributed by atoms with Gasteiger partial charge < -0.3 is 10.1 Å². The number of esters is 1. The molecule has 1 aromatic rings. The second kappa shape index (κ2) is 8.39. The Hall–Kier alpha value is -1.39. The summed E-state index contributed by atoms with van der Waals surface area (Å²) in [6, 6.07) is 10.6. The molecule has 0 spiro atoms. The molecule has 0 saturated carbocycles. The Morgan fingerprint density at radius 1 is 1.07 bits per heavy atom. The number of benzene rings is 1. The highest BCUT2D eigenvalue weighted by Gasteiger charge is 2.48. The van der Waals surface area contributed by atoms with Crippen molar-refractivity contribution in [3.8, 4) is 0 Å². The first-order valence-electron chi connectivity index (χ1n) is 10.9. The zero-order chi connectivity index (χ0) is 22.1. The van der Waals surface area contributed by atoms with Crippen molar-refractivity contribution in [2.24, 2.45) is 5.41 Å². The first-order valence-corrected chi connectivity index (χ1v) is 10.9. The van der Waals surface area contributed by atoms with Crippen LogP contribution < -0.4 is 5.32 Å². The number of rotatable bonds is 6. The highest BCUT2D eigenvalue weighted by molar-refractivity contribution is 5.80. The maximum absolute atomic E-state index is 13.1. The predicted octanol–water partition coefficient (Wildman–Crippen LogP) is 5.17. The Balaban J connectivity index is 2.15. The quantitative estimate of drug-likeness (QED) is 0.667. The number of hydrogen-bond donors (Lipinski definition) is 1. The first kappa shape index (κ1) is 23.9. The van der Waals surface area contributed by atoms with Crippen LogP contribution in [0, 0.1) is 5.41 Å². The summed E-state index contributed by atoms with van der Waals surface area (Å²) >= 11 is 0. The van der Waals surface area contributed by atoms with Gasteiger partial charge in [-0.3, -0.25) is 9.69 Å². The van der Waals surface area contributed by atoms with E-state index in [0.717, 1.165) is 25.8 Å². The summed E-state index contributed by atoms with van der Waals surface area (Å²) in [6.07, 6.45) is 2.33. The average Bonchev–Trinajstić information content (AvgIpc) is 2.56. The van der Waals surface area contributed by atoms with E-state index < -0.39 is 5.54 Å². The van der Waals surface area contributed by atoms with Gasteiger partial charge in [0.15, 0.2) is 0 Å². The summed E-state index contributed by atoms with van der Waals surface area (Å²) in [5.74, 6) is -0.136. The number of nitrogens with one attached hydrogen (secondary N) is 1. The van der Waals surface area contributed by atoms with Gasteiger partial charge in [-0.1, -0.05) is 51.1 Å². The van der Waals surface area contributed by atoms with Gasteiger partial charge in [0, 0.05) is 30.5 Å². The van der Waals surface area contributed by atoms with Crippen molar-refractivity contribution < 1.29 is 9.53 Å². The summed E-state index contributed by atoms with van der Waals surface area (Å²) in [5.41, 5.74) is 0.546. The fourth-order valence-corrected chi connectivity index (χ4v) is 5.11. The van der Waals surface area contributed by atoms with Gasteiger partial charge in [-0.05, 0) is 59.1 Å². The minimum absolute atomic E-state index is 0.0361. The second-order valence-electron chi connectivity index (χ2n) is 11.5. The van der Waals surface area contributed by atoms with E-state index in [-0.39, 0.29) is 28.6 Å². The lowest BCUT2D eigenvalue weighted by molar-refractivity contribution is -0.169. The summed E-state index contributed by atoms with van der Waals surface area (Å²) < 4.78 is 6.13. The van der Waals surface area contributed by atoms with Crippen molar-refractivity contribution in [3.05, 3.63) is 35.9 Å². The standard InChI is InChI=1S/C25H42N2O2/c1-22(2,3)18-25(8,26-9)21(28)29-20-15-23(4,5)27(24(6,7)16-20)17-19-13-11-10-12-14-19/h10-14,20,26H,15-18H2,1-9H3. The van der Waals surface area contributed by atoms with E-state index in [4.69, 9.17) is 4.74 Å². The summed E-state index contributed by atoms with van der Waals surface area (Å²) in [7, 11) is 1.85. The topological polar surface area (TPSA) is 41.6 Å². The molecule has 0 radical (unpaired) electrons. The molecule has 0 bridgehead atoms. The number of likely N-dealkylation sites (N-methyl/N-ethyl adjacent to an activating group) is 1. The summed E-state index contributed by atoms with van der Waals surface area (Å²) in [6.45, 7) is 18.4. The van der Waals surface area contributed by atoms with Crippen LogP contribution in [-0.4, -0.2) is 40.6 Å². The largest absolute Gasteiger partial charge is 0.461 e. The lowest BCUT2D eigenvalue weighted by Gasteiger charge is -2.55. The van der Waals surface area contributed by atoms with E-state index in [0.29, 0.717) is 0 Å². The third-order valence-corrected chi connectivity index (χ3v) is 6.26. The van der Waals surface area contributed by atoms with E-state index in [1.54, 1.807) is 0 Å². The van der Waals surface area contributed by atoms with Gasteiger partial charge in [-0.2, -0.15) is 0 Å². The molecule has 1 saturated heterocycles. The molecule has 2 rings (SSSR count). The van der Waals surface area contributed by atoms with Crippen molar-refractivity contribution in [1.82, 2.24) is 10.2 Å². The van der Waals surface area contributed by atoms with E-state index in [1.807, 2.05) is 14.0 Å². The zero-order valence-electron chi connectivity index (χ0n) is 20.1. The van der Waals surface area contributed by atoms with Crippen LogP contribution in [0.2, 0.25) is 0 Å². The number of carbonyl (C=O) groups excluding carboxylic acids is 1. The molecule has 4 nitrogen and oxygen atoms in total. The SMILES string of the molecule is CNC(C)(CC(C)(C)C)C(=O)OC1CC(C)(C)N(Cc2ccccc2)C(C)(C)C1. The lowest BCUT2D eigenvalue weighted by atomic mass is 9.77. The van der Waals surface area contributed by atoms with Crippen LogP contribution in [0.3, 0.4) is 0 Å². The lowest BCUT2D eigenvalue weighted by Crippen LogP contribution is -2.62. The number of hydrogen-bond acceptors (Lipinski definition) is 4. The number of piperidine rings is 1. The molecular formula is C25H42N2O2. The maximum atomic E-state index is 13.1. The molecule has 1 atom stereocenters. The van der Waals surface area contributed by atoms with Crippen LogP contribution in [0.1, 0.15) is 80.2 Å². The molecule has 0 amide bonds. The predicted molar refractivity (Wildman–Crippen MR) is 121 cm³/mol. The van der Waals surface area contributed by atoms with Crippen molar-refractivity contribution in [2.75, 3.05) is 7.05 Å². The molecule has 1 heterocycles. The van der Waals surface area contributed by atoms with Crippen LogP contribution in [-0.2, 0) is 16.1 Å². The van der Waals surface area contributed by atoms with E-state index in [2.05, 4.69) is 89.0 Å². The second-order valence-corrected chi connectivity index (χ2v) is 11.5. The van der Waals surface area contributed by atoms with Gasteiger partial charge in [-0.15, -0.1) is 0 Å². The van der Waals surface area contributed by atoms with Crippen molar-refractivity contribution >= 4 is 5.97 Å². The number of nitrogens with zero attached hydrogens (tertiary/aromatic N) is 1. The fourth-order valence-electron chi connectivity index (χ4n) is 5.11. The number of likely N-dealkylation sites (tertiary alicyclic amines) is 1. The third kappa shape index (κ3) is 6.05. The molecule has 164 valence electrons. The highest BCUT2D eigenvalue weighted by Crippen LogP contribution is 2.41. The molecule has 4 heteroatoms. The smallest absolute Gasteiger partial charge is 0.326 e. The molecule has 1 aliphatic rings. The number of carbonyl (C=O) groups is 1. The summed E-state index contributed by atoms with van der Waals surface area (Å²) in [5, 5.41) is 3.22. The van der Waals surface area contributed by atoms with E-state index >= 15 is 0 Å². The third-order valence-electron chi connectivity index (χ3n) is 6.26. The molecule has 1 fully saturated rings. The molecule has 1 aliphatic heterocycles. The highest BCUT2D eigenvalue weighted by atomic mass is 16.5. The Bertz CT molecular complexity index is 673. The van der Waals surface area contributed by atoms with Gasteiger partial charge in [-0.25, -0.2) is 0 Å². The van der Waals surface area contributed by atoms with Gasteiger partial charge in [0.2, 0.25) is 0 Å². The van der Waals surface area contributed by atoms with Gasteiger partial charge in [0.05, 0.1) is 0 Å². The Morgan fingerprint density at radius 2 is 1.59 bits per heavy atom. The Kier molecular flexibility index (Phi) is 6.91. The van der Waals surface area contributed by atoms with Crippen LogP contribution in [0.15, 0.2) is 30.3 Å². The van der Waals surface area contributed by atoms with Gasteiger partial charge >= 0.3 is 5.97 Å². The molecule has 0 aromatic heterocycles. The monoisotopic (exact) mass is 402 g/mol. The molecular weight excluding hydrogens is 360 g/mol. The van der Waals surface area contributed by atoms with Crippen molar-refractivity contribution in [2.45, 2.75) is 104 Å². The fraction of sp³-hybridized carbons (Fsp3) is 0.720. The van der Waals surface area contributed by atoms with Gasteiger partial charge in [0.25, 0.3) is 0 Å². The minimum atomic E-state index is -0.673. The van der Waals surface area contributed by atoms with E-state index in [1.165, 1.54) is 5.56 Å². The maximum Gasteiger partial charge on any atom is 0.326 e. The molecule has 1 aromatic carbocycles. The molecule has 29 heavy (non-hydrogen) atoms. The van der Waals surface area contributed by atoms with E-state index in [9.17, 15) is 4.79 Å². The normalized spacial score (nSPS) is 22.1. The molecule has 0 aliphatic carbocycles. The Morgan fingerprint density at radius 3 is 2.03 bits per heavy atom. The van der Waals surface area contributed by atoms with Crippen LogP contribution in [0.25, 0.3) is 0 Å². The average molecular weight is 403 g/mol. The van der Waals surface area contributed by atoms with Crippen molar-refractivity contribution in [3.63, 3.8) is 0 Å². The van der Waals surface area contributed by atoms with Crippen molar-refractivity contribution in [1.29, 1.82) is 0 Å². The summed E-state index contributed by atoms with van der Waals surface area (Å²) in [4.78, 5) is 15.7. The molecule has 1 N–H and O–H groups in total. The van der Waals surface area contributed by atoms with Gasteiger partial charge in [0.1, 0.15) is 11.6 Å². The number of ether oxygens (including phenoxy) is 1. The minimum Gasteiger partial charge on any atom is -0.461 e. The Labute approximate surface area is 178 Å². The van der Waals surface area contributed by atoms with Crippen LogP contribution in [0.4, 0.5) is 0 Å². The zero-order valence-corrected chi connectivity index (χ0v) is 20.1. The molecule has 1 unspecified atom stereocenters. The first-order chi connectivity index (χ1) is 13.2.